The largest absolute Gasteiger partial charge is 0.379 e. The Hall–Kier alpha value is -2.48. The van der Waals surface area contributed by atoms with Crippen LogP contribution < -0.4 is 4.90 Å². The molecule has 1 aliphatic heterocycles. The molecule has 1 unspecified atom stereocenters. The lowest BCUT2D eigenvalue weighted by Crippen LogP contribution is -2.49. The van der Waals surface area contributed by atoms with E-state index in [1.54, 1.807) is 17.8 Å². The summed E-state index contributed by atoms with van der Waals surface area (Å²) >= 11 is 6.04. The van der Waals surface area contributed by atoms with Gasteiger partial charge in [0.05, 0.1) is 17.5 Å². The van der Waals surface area contributed by atoms with Gasteiger partial charge in [0, 0.05) is 56.1 Å². The highest BCUT2D eigenvalue weighted by Crippen LogP contribution is 2.27. The number of halogens is 1. The number of benzene rings is 1. The van der Waals surface area contributed by atoms with Crippen molar-refractivity contribution in [1.82, 2.24) is 24.6 Å². The number of hydrogen-bond donors (Lipinski definition) is 1. The highest BCUT2D eigenvalue weighted by atomic mass is 35.5. The molecule has 1 N–H and O–H groups in total. The molecule has 0 radical (unpaired) electrons. The van der Waals surface area contributed by atoms with Crippen molar-refractivity contribution in [3.63, 3.8) is 0 Å². The quantitative estimate of drug-likeness (QED) is 0.728. The van der Waals surface area contributed by atoms with Gasteiger partial charge in [-0.2, -0.15) is 5.10 Å². The summed E-state index contributed by atoms with van der Waals surface area (Å²) < 4.78 is 1.74. The van der Waals surface area contributed by atoms with Crippen molar-refractivity contribution in [1.29, 1.82) is 0 Å². The van der Waals surface area contributed by atoms with Crippen molar-refractivity contribution >= 4 is 17.4 Å². The molecule has 0 amide bonds. The van der Waals surface area contributed by atoms with Gasteiger partial charge in [0.1, 0.15) is 12.0 Å². The van der Waals surface area contributed by atoms with Gasteiger partial charge in [-0.1, -0.05) is 23.7 Å². The van der Waals surface area contributed by atoms with Crippen molar-refractivity contribution in [3.8, 4) is 22.6 Å². The molecule has 1 fully saturated rings. The van der Waals surface area contributed by atoms with Crippen LogP contribution in [0.2, 0.25) is 5.02 Å². The average molecular weight is 399 g/mol. The number of piperazine rings is 1. The van der Waals surface area contributed by atoms with Gasteiger partial charge in [-0.3, -0.25) is 9.58 Å². The molecule has 0 spiro atoms. The van der Waals surface area contributed by atoms with Crippen molar-refractivity contribution in [2.45, 2.75) is 13.2 Å². The number of aromatic nitrogens is 4. The van der Waals surface area contributed by atoms with Crippen LogP contribution >= 0.6 is 11.6 Å². The van der Waals surface area contributed by atoms with E-state index in [9.17, 15) is 5.11 Å². The summed E-state index contributed by atoms with van der Waals surface area (Å²) in [4.78, 5) is 13.9. The molecular formula is C20H23ClN6O. The maximum atomic E-state index is 9.81. The standard InChI is InChI=1S/C20H23ClN6O/c1-14(28)26-7-9-27(10-8-26)19-11-18(15-3-5-17(21)6-4-15)23-20(24-19)16-12-22-25(2)13-16/h3-6,11-14,28H,7-10H2,1-2H3. The maximum Gasteiger partial charge on any atom is 0.165 e. The molecule has 7 nitrogen and oxygen atoms in total. The summed E-state index contributed by atoms with van der Waals surface area (Å²) in [6.07, 6.45) is 3.26. The van der Waals surface area contributed by atoms with E-state index in [4.69, 9.17) is 21.6 Å². The number of rotatable bonds is 4. The minimum Gasteiger partial charge on any atom is -0.379 e. The normalized spacial score (nSPS) is 16.4. The van der Waals surface area contributed by atoms with Gasteiger partial charge >= 0.3 is 0 Å². The van der Waals surface area contributed by atoms with Gasteiger partial charge in [0.2, 0.25) is 0 Å². The molecule has 4 rings (SSSR count). The molecule has 0 bridgehead atoms. The monoisotopic (exact) mass is 398 g/mol. The predicted molar refractivity (Wildman–Crippen MR) is 110 cm³/mol. The van der Waals surface area contributed by atoms with Gasteiger partial charge < -0.3 is 10.0 Å². The molecule has 28 heavy (non-hydrogen) atoms. The smallest absolute Gasteiger partial charge is 0.165 e. The Bertz CT molecular complexity index is 948. The molecule has 1 aromatic carbocycles. The molecule has 3 aromatic rings. The third-order valence-corrected chi connectivity index (χ3v) is 5.23. The molecule has 0 aliphatic carbocycles. The zero-order valence-electron chi connectivity index (χ0n) is 16.0. The van der Waals surface area contributed by atoms with Crippen LogP contribution in [-0.4, -0.2) is 62.2 Å². The van der Waals surface area contributed by atoms with E-state index in [-0.39, 0.29) is 0 Å². The van der Waals surface area contributed by atoms with Crippen LogP contribution in [0, 0.1) is 0 Å². The van der Waals surface area contributed by atoms with Crippen molar-refractivity contribution in [2.24, 2.45) is 7.05 Å². The van der Waals surface area contributed by atoms with E-state index in [2.05, 4.69) is 14.9 Å². The number of aryl methyl sites for hydroxylation is 1. The minimum absolute atomic E-state index is 0.428. The van der Waals surface area contributed by atoms with E-state index < -0.39 is 6.23 Å². The van der Waals surface area contributed by atoms with Crippen LogP contribution in [0.5, 0.6) is 0 Å². The Morgan fingerprint density at radius 3 is 2.36 bits per heavy atom. The Morgan fingerprint density at radius 2 is 1.75 bits per heavy atom. The van der Waals surface area contributed by atoms with Crippen LogP contribution in [0.3, 0.4) is 0 Å². The number of aliphatic hydroxyl groups excluding tert-OH is 1. The van der Waals surface area contributed by atoms with Crippen LogP contribution in [0.1, 0.15) is 6.92 Å². The highest BCUT2D eigenvalue weighted by molar-refractivity contribution is 6.30. The molecule has 1 saturated heterocycles. The topological polar surface area (TPSA) is 70.3 Å². The summed E-state index contributed by atoms with van der Waals surface area (Å²) in [7, 11) is 1.88. The van der Waals surface area contributed by atoms with Gasteiger partial charge in [0.25, 0.3) is 0 Å². The van der Waals surface area contributed by atoms with E-state index in [0.717, 1.165) is 48.8 Å². The Morgan fingerprint density at radius 1 is 1.04 bits per heavy atom. The number of aliphatic hydroxyl groups is 1. The van der Waals surface area contributed by atoms with Gasteiger partial charge in [-0.25, -0.2) is 9.97 Å². The summed E-state index contributed by atoms with van der Waals surface area (Å²) in [6, 6.07) is 9.68. The second-order valence-corrected chi connectivity index (χ2v) is 7.44. The highest BCUT2D eigenvalue weighted by Gasteiger charge is 2.22. The minimum atomic E-state index is -0.428. The summed E-state index contributed by atoms with van der Waals surface area (Å²) in [5.74, 6) is 1.53. The zero-order valence-corrected chi connectivity index (χ0v) is 16.7. The van der Waals surface area contributed by atoms with Gasteiger partial charge in [-0.15, -0.1) is 0 Å². The lowest BCUT2D eigenvalue weighted by atomic mass is 10.1. The first-order chi connectivity index (χ1) is 13.5. The van der Waals surface area contributed by atoms with E-state index in [1.807, 2.05) is 43.6 Å². The number of nitrogens with zero attached hydrogens (tertiary/aromatic N) is 6. The predicted octanol–water partition coefficient (Wildman–Crippen LogP) is 2.66. The fourth-order valence-electron chi connectivity index (χ4n) is 3.36. The van der Waals surface area contributed by atoms with Gasteiger partial charge in [0.15, 0.2) is 5.82 Å². The molecule has 8 heteroatoms. The van der Waals surface area contributed by atoms with Crippen LogP contribution in [0.15, 0.2) is 42.7 Å². The van der Waals surface area contributed by atoms with Crippen LogP contribution in [0.4, 0.5) is 5.82 Å². The molecule has 0 saturated carbocycles. The van der Waals surface area contributed by atoms with Crippen molar-refractivity contribution in [2.75, 3.05) is 31.1 Å². The molecule has 1 aliphatic rings. The van der Waals surface area contributed by atoms with E-state index >= 15 is 0 Å². The SMILES string of the molecule is CC(O)N1CCN(c2cc(-c3ccc(Cl)cc3)nc(-c3cnn(C)c3)n2)CC1. The fraction of sp³-hybridized carbons (Fsp3) is 0.350. The first-order valence-corrected chi connectivity index (χ1v) is 9.68. The molecule has 3 heterocycles. The van der Waals surface area contributed by atoms with E-state index in [1.165, 1.54) is 0 Å². The summed E-state index contributed by atoms with van der Waals surface area (Å²) in [6.45, 7) is 4.99. The number of anilines is 1. The number of hydrogen-bond acceptors (Lipinski definition) is 6. The molecule has 2 aromatic heterocycles. The average Bonchev–Trinajstić information content (AvgIpc) is 3.15. The molecular weight excluding hydrogens is 376 g/mol. The summed E-state index contributed by atoms with van der Waals surface area (Å²) in [5, 5.41) is 14.7. The van der Waals surface area contributed by atoms with Crippen molar-refractivity contribution < 1.29 is 5.11 Å². The Balaban J connectivity index is 1.71. The lowest BCUT2D eigenvalue weighted by molar-refractivity contribution is 0.0152. The Labute approximate surface area is 169 Å². The van der Waals surface area contributed by atoms with Crippen molar-refractivity contribution in [3.05, 3.63) is 47.7 Å². The lowest BCUT2D eigenvalue weighted by Gasteiger charge is -2.36. The second-order valence-electron chi connectivity index (χ2n) is 7.00. The summed E-state index contributed by atoms with van der Waals surface area (Å²) in [5.41, 5.74) is 2.71. The third kappa shape index (κ3) is 4.01. The first-order valence-electron chi connectivity index (χ1n) is 9.31. The first kappa shape index (κ1) is 18.9. The third-order valence-electron chi connectivity index (χ3n) is 4.98. The maximum absolute atomic E-state index is 9.81. The van der Waals surface area contributed by atoms with Crippen LogP contribution in [0.25, 0.3) is 22.6 Å². The van der Waals surface area contributed by atoms with Gasteiger partial charge in [-0.05, 0) is 19.1 Å². The second kappa shape index (κ2) is 7.87. The van der Waals surface area contributed by atoms with Crippen LogP contribution in [-0.2, 0) is 7.05 Å². The zero-order chi connectivity index (χ0) is 19.7. The molecule has 1 atom stereocenters. The van der Waals surface area contributed by atoms with E-state index in [0.29, 0.717) is 10.8 Å². The Kier molecular flexibility index (Phi) is 5.30. The fourth-order valence-corrected chi connectivity index (χ4v) is 3.48. The molecule has 146 valence electrons.